The average Bonchev–Trinajstić information content (AvgIpc) is 2.91. The second-order valence-electron chi connectivity index (χ2n) is 6.75. The molecule has 0 aliphatic carbocycles. The summed E-state index contributed by atoms with van der Waals surface area (Å²) in [5.41, 5.74) is 0.231. The molecule has 5 nitrogen and oxygen atoms in total. The van der Waals surface area contributed by atoms with Crippen molar-refractivity contribution in [3.8, 4) is 0 Å². The molecule has 1 atom stereocenters. The Kier molecular flexibility index (Phi) is 6.27. The highest BCUT2D eigenvalue weighted by molar-refractivity contribution is 6.31. The van der Waals surface area contributed by atoms with Gasteiger partial charge in [0, 0.05) is 32.2 Å². The van der Waals surface area contributed by atoms with E-state index in [9.17, 15) is 9.18 Å². The first kappa shape index (κ1) is 19.3. The van der Waals surface area contributed by atoms with Gasteiger partial charge in [-0.1, -0.05) is 24.9 Å². The summed E-state index contributed by atoms with van der Waals surface area (Å²) in [7, 11) is 0. The van der Waals surface area contributed by atoms with Gasteiger partial charge in [-0.25, -0.2) is 9.37 Å². The fourth-order valence-electron chi connectivity index (χ4n) is 3.72. The van der Waals surface area contributed by atoms with Crippen LogP contribution in [-0.2, 0) is 6.54 Å². The van der Waals surface area contributed by atoms with E-state index in [-0.39, 0.29) is 16.6 Å². The van der Waals surface area contributed by atoms with Crippen molar-refractivity contribution in [3.63, 3.8) is 0 Å². The van der Waals surface area contributed by atoms with E-state index < -0.39 is 5.82 Å². The highest BCUT2D eigenvalue weighted by Crippen LogP contribution is 2.27. The van der Waals surface area contributed by atoms with E-state index in [0.29, 0.717) is 17.4 Å². The maximum absolute atomic E-state index is 14.0. The van der Waals surface area contributed by atoms with Crippen molar-refractivity contribution in [3.05, 3.63) is 39.2 Å². The molecule has 1 aromatic heterocycles. The fourth-order valence-corrected chi connectivity index (χ4v) is 3.88. The first-order chi connectivity index (χ1) is 12.6. The Labute approximate surface area is 158 Å². The predicted molar refractivity (Wildman–Crippen MR) is 103 cm³/mol. The van der Waals surface area contributed by atoms with Gasteiger partial charge in [-0.15, -0.1) is 0 Å². The highest BCUT2D eigenvalue weighted by atomic mass is 35.5. The molecule has 1 fully saturated rings. The van der Waals surface area contributed by atoms with E-state index in [2.05, 4.69) is 17.1 Å². The van der Waals surface area contributed by atoms with Crippen LogP contribution in [0.2, 0.25) is 5.02 Å². The molecule has 2 aromatic rings. The van der Waals surface area contributed by atoms with Crippen LogP contribution in [0.15, 0.2) is 16.9 Å². The van der Waals surface area contributed by atoms with Crippen LogP contribution in [0, 0.1) is 5.82 Å². The van der Waals surface area contributed by atoms with Gasteiger partial charge in [0.15, 0.2) is 0 Å². The van der Waals surface area contributed by atoms with Crippen molar-refractivity contribution < 1.29 is 4.39 Å². The van der Waals surface area contributed by atoms with Crippen molar-refractivity contribution >= 4 is 22.5 Å². The molecule has 0 saturated carbocycles. The van der Waals surface area contributed by atoms with Gasteiger partial charge in [0.2, 0.25) is 0 Å². The van der Waals surface area contributed by atoms with E-state index in [0.717, 1.165) is 51.3 Å². The zero-order chi connectivity index (χ0) is 18.7. The van der Waals surface area contributed by atoms with Crippen molar-refractivity contribution in [2.75, 3.05) is 26.2 Å². The quantitative estimate of drug-likeness (QED) is 0.864. The third-order valence-corrected chi connectivity index (χ3v) is 5.31. The minimum absolute atomic E-state index is 0.0458. The molecular weight excluding hydrogens is 355 g/mol. The Morgan fingerprint density at radius 2 is 2.12 bits per heavy atom. The lowest BCUT2D eigenvalue weighted by molar-refractivity contribution is 0.185. The van der Waals surface area contributed by atoms with Gasteiger partial charge in [0.05, 0.1) is 22.0 Å². The molecule has 26 heavy (non-hydrogen) atoms. The maximum Gasteiger partial charge on any atom is 0.261 e. The number of rotatable bonds is 5. The molecule has 3 rings (SSSR count). The number of aromatic nitrogens is 2. The largest absolute Gasteiger partial charge is 0.315 e. The first-order valence-electron chi connectivity index (χ1n) is 9.41. The van der Waals surface area contributed by atoms with Crippen LogP contribution < -0.4 is 10.9 Å². The second kappa shape index (κ2) is 8.46. The third-order valence-electron chi connectivity index (χ3n) is 5.02. The smallest absolute Gasteiger partial charge is 0.261 e. The molecule has 142 valence electrons. The minimum atomic E-state index is -0.544. The number of hydrogen-bond acceptors (Lipinski definition) is 4. The van der Waals surface area contributed by atoms with Crippen LogP contribution in [0.5, 0.6) is 0 Å². The van der Waals surface area contributed by atoms with Gasteiger partial charge in [0.25, 0.3) is 5.56 Å². The van der Waals surface area contributed by atoms with Gasteiger partial charge < -0.3 is 5.32 Å². The number of nitrogens with zero attached hydrogens (tertiary/aromatic N) is 3. The zero-order valence-corrected chi connectivity index (χ0v) is 16.2. The van der Waals surface area contributed by atoms with Crippen LogP contribution in [0.25, 0.3) is 10.9 Å². The third kappa shape index (κ3) is 3.77. The van der Waals surface area contributed by atoms with Crippen LogP contribution >= 0.6 is 11.6 Å². The number of nitrogens with one attached hydrogen (secondary N) is 1. The topological polar surface area (TPSA) is 50.2 Å². The van der Waals surface area contributed by atoms with Gasteiger partial charge in [-0.05, 0) is 32.4 Å². The fraction of sp³-hybridized carbons (Fsp3) is 0.579. The summed E-state index contributed by atoms with van der Waals surface area (Å²) in [6.45, 7) is 8.41. The van der Waals surface area contributed by atoms with Crippen molar-refractivity contribution in [1.29, 1.82) is 0 Å². The molecule has 0 bridgehead atoms. The van der Waals surface area contributed by atoms with Crippen LogP contribution in [0.4, 0.5) is 4.39 Å². The van der Waals surface area contributed by atoms with Crippen LogP contribution in [0.1, 0.15) is 45.0 Å². The van der Waals surface area contributed by atoms with Crippen molar-refractivity contribution in [2.45, 2.75) is 45.7 Å². The molecule has 0 spiro atoms. The molecule has 2 heterocycles. The zero-order valence-electron chi connectivity index (χ0n) is 15.4. The van der Waals surface area contributed by atoms with Gasteiger partial charge in [-0.3, -0.25) is 14.3 Å². The standard InChI is InChI=1S/C19H26ClFN4O/c1-3-6-17(24-9-5-7-22-8-10-24)18-23-16-12-15(21)14(20)11-13(16)19(26)25(18)4-2/h11-12,17,22H,3-10H2,1-2H3. The van der Waals surface area contributed by atoms with Gasteiger partial charge in [0.1, 0.15) is 11.6 Å². The number of hydrogen-bond donors (Lipinski definition) is 1. The maximum atomic E-state index is 14.0. The first-order valence-corrected chi connectivity index (χ1v) is 9.78. The van der Waals surface area contributed by atoms with E-state index in [1.54, 1.807) is 4.57 Å². The highest BCUT2D eigenvalue weighted by Gasteiger charge is 2.26. The van der Waals surface area contributed by atoms with Crippen molar-refractivity contribution in [2.24, 2.45) is 0 Å². The lowest BCUT2D eigenvalue weighted by atomic mass is 10.1. The van der Waals surface area contributed by atoms with E-state index in [1.807, 2.05) is 6.92 Å². The SMILES string of the molecule is CCCC(c1nc2cc(F)c(Cl)cc2c(=O)n1CC)N1CCCNCC1. The second-order valence-corrected chi connectivity index (χ2v) is 7.15. The van der Waals surface area contributed by atoms with Gasteiger partial charge in [-0.2, -0.15) is 0 Å². The van der Waals surface area contributed by atoms with Crippen molar-refractivity contribution in [1.82, 2.24) is 19.8 Å². The van der Waals surface area contributed by atoms with E-state index in [4.69, 9.17) is 16.6 Å². The molecule has 1 aliphatic heterocycles. The molecule has 0 amide bonds. The summed E-state index contributed by atoms with van der Waals surface area (Å²) in [6, 6.07) is 2.72. The average molecular weight is 381 g/mol. The number of benzene rings is 1. The molecule has 7 heteroatoms. The van der Waals surface area contributed by atoms with Crippen LogP contribution in [0.3, 0.4) is 0 Å². The monoisotopic (exact) mass is 380 g/mol. The molecule has 1 saturated heterocycles. The molecule has 1 unspecified atom stereocenters. The van der Waals surface area contributed by atoms with E-state index in [1.165, 1.54) is 12.1 Å². The minimum Gasteiger partial charge on any atom is -0.315 e. The molecule has 1 N–H and O–H groups in total. The lowest BCUT2D eigenvalue weighted by Crippen LogP contribution is -2.37. The summed E-state index contributed by atoms with van der Waals surface area (Å²) in [4.78, 5) is 20.1. The summed E-state index contributed by atoms with van der Waals surface area (Å²) in [5, 5.41) is 3.74. The predicted octanol–water partition coefficient (Wildman–Crippen LogP) is 3.35. The van der Waals surface area contributed by atoms with Crippen LogP contribution in [-0.4, -0.2) is 40.6 Å². The summed E-state index contributed by atoms with van der Waals surface area (Å²) in [5.74, 6) is 0.188. The Hall–Kier alpha value is -1.50. The molecule has 1 aliphatic rings. The Balaban J connectivity index is 2.16. The Morgan fingerprint density at radius 3 is 2.85 bits per heavy atom. The molecule has 1 aromatic carbocycles. The van der Waals surface area contributed by atoms with Gasteiger partial charge >= 0.3 is 0 Å². The number of fused-ring (bicyclic) bond motifs is 1. The normalized spacial score (nSPS) is 17.4. The summed E-state index contributed by atoms with van der Waals surface area (Å²) >= 11 is 5.88. The molecule has 0 radical (unpaired) electrons. The summed E-state index contributed by atoms with van der Waals surface area (Å²) in [6.07, 6.45) is 2.96. The Bertz CT molecular complexity index is 830. The Morgan fingerprint density at radius 1 is 1.31 bits per heavy atom. The lowest BCUT2D eigenvalue weighted by Gasteiger charge is -2.31. The number of halogens is 2. The van der Waals surface area contributed by atoms with E-state index >= 15 is 0 Å². The summed E-state index contributed by atoms with van der Waals surface area (Å²) < 4.78 is 15.7. The molecular formula is C19H26ClFN4O.